The fraction of sp³-hybridized carbons (Fsp3) is 0.421. The van der Waals surface area contributed by atoms with E-state index in [4.69, 9.17) is 4.52 Å². The van der Waals surface area contributed by atoms with E-state index in [2.05, 4.69) is 10.5 Å². The highest BCUT2D eigenvalue weighted by molar-refractivity contribution is 5.95. The summed E-state index contributed by atoms with van der Waals surface area (Å²) in [4.78, 5) is 28.5. The van der Waals surface area contributed by atoms with Crippen molar-refractivity contribution in [1.29, 1.82) is 0 Å². The minimum absolute atomic E-state index is 0.130. The number of benzene rings is 1. The molecule has 144 valence electrons. The number of piperidine rings is 1. The van der Waals surface area contributed by atoms with E-state index < -0.39 is 18.1 Å². The lowest BCUT2D eigenvalue weighted by molar-refractivity contribution is 0.0313. The van der Waals surface area contributed by atoms with Gasteiger partial charge in [0.2, 0.25) is 0 Å². The van der Waals surface area contributed by atoms with Gasteiger partial charge in [0.25, 0.3) is 11.8 Å². The number of anilines is 1. The second kappa shape index (κ2) is 7.79. The quantitative estimate of drug-likeness (QED) is 0.833. The summed E-state index contributed by atoms with van der Waals surface area (Å²) in [6, 6.07) is 8.47. The van der Waals surface area contributed by atoms with Crippen molar-refractivity contribution >= 4 is 17.5 Å². The molecular weight excluding hydrogens is 348 g/mol. The second-order valence-electron chi connectivity index (χ2n) is 6.95. The average molecular weight is 372 g/mol. The van der Waals surface area contributed by atoms with Crippen LogP contribution in [0.3, 0.4) is 0 Å². The van der Waals surface area contributed by atoms with Gasteiger partial charge in [0.15, 0.2) is 5.69 Å². The Kier molecular flexibility index (Phi) is 5.46. The molecule has 0 bridgehead atoms. The molecule has 1 aliphatic heterocycles. The number of carbonyl (C=O) groups excluding carboxylic acids is 2. The number of likely N-dealkylation sites (tertiary alicyclic amines) is 1. The van der Waals surface area contributed by atoms with Gasteiger partial charge in [-0.2, -0.15) is 0 Å². The van der Waals surface area contributed by atoms with Crippen LogP contribution in [0, 0.1) is 6.92 Å². The van der Waals surface area contributed by atoms with Crippen LogP contribution in [-0.2, 0) is 0 Å². The first-order valence-corrected chi connectivity index (χ1v) is 8.84. The maximum Gasteiger partial charge on any atom is 0.273 e. The molecule has 2 aromatic rings. The summed E-state index contributed by atoms with van der Waals surface area (Å²) in [5, 5.41) is 16.9. The molecule has 1 aliphatic rings. The van der Waals surface area contributed by atoms with E-state index in [9.17, 15) is 14.7 Å². The minimum atomic E-state index is -0.850. The minimum Gasteiger partial charge on any atom is -0.389 e. The van der Waals surface area contributed by atoms with Crippen LogP contribution >= 0.6 is 0 Å². The van der Waals surface area contributed by atoms with Crippen LogP contribution in [0.1, 0.15) is 33.0 Å². The van der Waals surface area contributed by atoms with E-state index in [1.54, 1.807) is 17.9 Å². The molecule has 0 unspecified atom stereocenters. The average Bonchev–Trinajstić information content (AvgIpc) is 3.09. The van der Waals surface area contributed by atoms with Crippen LogP contribution in [0.5, 0.6) is 0 Å². The highest BCUT2D eigenvalue weighted by atomic mass is 16.5. The molecule has 0 radical (unpaired) electrons. The Morgan fingerprint density at radius 2 is 2.11 bits per heavy atom. The number of nitrogens with one attached hydrogen (secondary N) is 1. The number of hydrogen-bond donors (Lipinski definition) is 2. The van der Waals surface area contributed by atoms with Crippen molar-refractivity contribution in [2.45, 2.75) is 25.5 Å². The fourth-order valence-corrected chi connectivity index (χ4v) is 3.10. The third kappa shape index (κ3) is 4.28. The lowest BCUT2D eigenvalue weighted by atomic mass is 10.0. The molecular formula is C19H24N4O4. The summed E-state index contributed by atoms with van der Waals surface area (Å²) >= 11 is 0. The SMILES string of the molecule is Cc1cc(C(=O)N[C@@H]2CCN(C(=O)c3cccc(N(C)C)c3)C[C@H]2O)no1. The zero-order chi connectivity index (χ0) is 19.6. The van der Waals surface area contributed by atoms with E-state index in [1.165, 1.54) is 6.07 Å². The monoisotopic (exact) mass is 372 g/mol. The molecule has 3 rings (SSSR count). The van der Waals surface area contributed by atoms with Crippen molar-refractivity contribution in [2.24, 2.45) is 0 Å². The van der Waals surface area contributed by atoms with Crippen molar-refractivity contribution in [3.05, 3.63) is 47.3 Å². The zero-order valence-corrected chi connectivity index (χ0v) is 15.7. The summed E-state index contributed by atoms with van der Waals surface area (Å²) in [5.41, 5.74) is 1.69. The highest BCUT2D eigenvalue weighted by Gasteiger charge is 2.32. The largest absolute Gasteiger partial charge is 0.389 e. The maximum absolute atomic E-state index is 12.8. The molecule has 2 amide bonds. The molecule has 8 nitrogen and oxygen atoms in total. The Balaban J connectivity index is 1.61. The Hall–Kier alpha value is -2.87. The van der Waals surface area contributed by atoms with Gasteiger partial charge in [-0.05, 0) is 31.5 Å². The van der Waals surface area contributed by atoms with Crippen molar-refractivity contribution in [3.63, 3.8) is 0 Å². The number of aliphatic hydroxyl groups excluding tert-OH is 1. The lowest BCUT2D eigenvalue weighted by Crippen LogP contribution is -2.55. The molecule has 0 spiro atoms. The number of aromatic nitrogens is 1. The molecule has 8 heteroatoms. The summed E-state index contributed by atoms with van der Waals surface area (Å²) in [7, 11) is 3.83. The standard InChI is InChI=1S/C19H24N4O4/c1-12-9-16(21-27-12)18(25)20-15-7-8-23(11-17(15)24)19(26)13-5-4-6-14(10-13)22(2)3/h4-6,9-10,15,17,24H,7-8,11H2,1-3H3,(H,20,25)/t15-,17-/m1/s1. The fourth-order valence-electron chi connectivity index (χ4n) is 3.10. The van der Waals surface area contributed by atoms with E-state index in [1.807, 2.05) is 37.2 Å². The number of nitrogens with zero attached hydrogens (tertiary/aromatic N) is 3. The Bertz CT molecular complexity index is 833. The third-order valence-electron chi connectivity index (χ3n) is 4.66. The van der Waals surface area contributed by atoms with Crippen LogP contribution in [0.15, 0.2) is 34.9 Å². The van der Waals surface area contributed by atoms with Gasteiger partial charge in [0, 0.05) is 44.5 Å². The van der Waals surface area contributed by atoms with E-state index in [0.29, 0.717) is 24.3 Å². The van der Waals surface area contributed by atoms with E-state index in [-0.39, 0.29) is 18.1 Å². The number of aliphatic hydroxyl groups is 1. The van der Waals surface area contributed by atoms with Gasteiger partial charge in [0.05, 0.1) is 12.1 Å². The van der Waals surface area contributed by atoms with Gasteiger partial charge in [-0.25, -0.2) is 0 Å². The molecule has 2 N–H and O–H groups in total. The van der Waals surface area contributed by atoms with Gasteiger partial charge in [-0.15, -0.1) is 0 Å². The van der Waals surface area contributed by atoms with Crippen LogP contribution in [0.2, 0.25) is 0 Å². The summed E-state index contributed by atoms with van der Waals surface area (Å²) in [5.74, 6) is 0.0186. The first-order chi connectivity index (χ1) is 12.8. The highest BCUT2D eigenvalue weighted by Crippen LogP contribution is 2.19. The molecule has 1 aromatic carbocycles. The molecule has 2 atom stereocenters. The topological polar surface area (TPSA) is 98.9 Å². The zero-order valence-electron chi connectivity index (χ0n) is 15.7. The number of rotatable bonds is 4. The predicted octanol–water partition coefficient (Wildman–Crippen LogP) is 1.05. The van der Waals surface area contributed by atoms with Gasteiger partial charge < -0.3 is 24.7 Å². The van der Waals surface area contributed by atoms with E-state index >= 15 is 0 Å². The van der Waals surface area contributed by atoms with Gasteiger partial charge in [-0.1, -0.05) is 11.2 Å². The van der Waals surface area contributed by atoms with Crippen LogP contribution in [0.25, 0.3) is 0 Å². The van der Waals surface area contributed by atoms with Crippen LogP contribution in [-0.4, -0.2) is 66.3 Å². The number of amides is 2. The van der Waals surface area contributed by atoms with E-state index in [0.717, 1.165) is 5.69 Å². The molecule has 0 aliphatic carbocycles. The molecule has 1 saturated heterocycles. The lowest BCUT2D eigenvalue weighted by Gasteiger charge is -2.36. The Morgan fingerprint density at radius 1 is 1.33 bits per heavy atom. The molecule has 1 aromatic heterocycles. The first-order valence-electron chi connectivity index (χ1n) is 8.84. The molecule has 2 heterocycles. The van der Waals surface area contributed by atoms with Crippen LogP contribution in [0.4, 0.5) is 5.69 Å². The van der Waals surface area contributed by atoms with Crippen LogP contribution < -0.4 is 10.2 Å². The molecule has 27 heavy (non-hydrogen) atoms. The van der Waals surface area contributed by atoms with Gasteiger partial charge in [0.1, 0.15) is 5.76 Å². The number of carbonyl (C=O) groups is 2. The number of hydrogen-bond acceptors (Lipinski definition) is 6. The first kappa shape index (κ1) is 18.9. The summed E-state index contributed by atoms with van der Waals surface area (Å²) < 4.78 is 4.90. The summed E-state index contributed by atoms with van der Waals surface area (Å²) in [6.45, 7) is 2.31. The Labute approximate surface area is 157 Å². The van der Waals surface area contributed by atoms with Gasteiger partial charge >= 0.3 is 0 Å². The maximum atomic E-state index is 12.8. The number of β-amino-alcohol motifs (C(OH)–C–C–N with tert-alkyl or cyclic N) is 1. The second-order valence-corrected chi connectivity index (χ2v) is 6.95. The predicted molar refractivity (Wildman–Crippen MR) is 99.8 cm³/mol. The molecule has 1 fully saturated rings. The third-order valence-corrected chi connectivity index (χ3v) is 4.66. The van der Waals surface area contributed by atoms with Crippen molar-refractivity contribution in [3.8, 4) is 0 Å². The molecule has 0 saturated carbocycles. The van der Waals surface area contributed by atoms with Crippen molar-refractivity contribution in [1.82, 2.24) is 15.4 Å². The van der Waals surface area contributed by atoms with Crippen molar-refractivity contribution in [2.75, 3.05) is 32.1 Å². The number of aryl methyl sites for hydroxylation is 1. The van der Waals surface area contributed by atoms with Gasteiger partial charge in [-0.3, -0.25) is 9.59 Å². The normalized spacial score (nSPS) is 19.6. The Morgan fingerprint density at radius 3 is 2.74 bits per heavy atom. The van der Waals surface area contributed by atoms with Crippen molar-refractivity contribution < 1.29 is 19.2 Å². The summed E-state index contributed by atoms with van der Waals surface area (Å²) in [6.07, 6.45) is -0.389. The smallest absolute Gasteiger partial charge is 0.273 e.